The highest BCUT2D eigenvalue weighted by atomic mass is 19.2. The van der Waals surface area contributed by atoms with Crippen LogP contribution in [0.2, 0.25) is 0 Å². The van der Waals surface area contributed by atoms with E-state index in [0.29, 0.717) is 6.07 Å². The zero-order chi connectivity index (χ0) is 13.7. The average molecular weight is 258 g/mol. The van der Waals surface area contributed by atoms with Crippen molar-refractivity contribution in [3.8, 4) is 0 Å². The van der Waals surface area contributed by atoms with E-state index in [4.69, 9.17) is 0 Å². The molecule has 0 spiro atoms. The summed E-state index contributed by atoms with van der Waals surface area (Å²) in [5.74, 6) is -2.96. The summed E-state index contributed by atoms with van der Waals surface area (Å²) >= 11 is 0. The second kappa shape index (κ2) is 5.85. The smallest absolute Gasteiger partial charge is 0.304 e. The Morgan fingerprint density at radius 3 is 2.17 bits per heavy atom. The second-order valence-electron chi connectivity index (χ2n) is 3.28. The van der Waals surface area contributed by atoms with Crippen LogP contribution in [-0.4, -0.2) is 9.55 Å². The van der Waals surface area contributed by atoms with Crippen LogP contribution in [0.4, 0.5) is 13.2 Å². The van der Waals surface area contributed by atoms with Crippen molar-refractivity contribution in [3.63, 3.8) is 0 Å². The zero-order valence-electron chi connectivity index (χ0n) is 9.28. The number of hydrogen-bond acceptors (Lipinski definition) is 2. The van der Waals surface area contributed by atoms with Gasteiger partial charge in [-0.1, -0.05) is 0 Å². The number of rotatable bonds is 0. The van der Waals surface area contributed by atoms with Gasteiger partial charge in [0.05, 0.1) is 0 Å². The number of nitrogens with one attached hydrogen (secondary N) is 1. The third-order valence-corrected chi connectivity index (χ3v) is 1.88. The van der Waals surface area contributed by atoms with Gasteiger partial charge in [0.15, 0.2) is 11.6 Å². The van der Waals surface area contributed by atoms with E-state index in [2.05, 4.69) is 4.98 Å². The predicted molar refractivity (Wildman–Crippen MR) is 58.6 cm³/mol. The van der Waals surface area contributed by atoms with Crippen LogP contribution in [0.15, 0.2) is 40.1 Å². The Bertz CT molecular complexity index is 649. The van der Waals surface area contributed by atoms with Crippen LogP contribution in [0.3, 0.4) is 0 Å². The first kappa shape index (κ1) is 13.8. The summed E-state index contributed by atoms with van der Waals surface area (Å²) in [6, 6.07) is 3.39. The van der Waals surface area contributed by atoms with Gasteiger partial charge in [0.1, 0.15) is 5.82 Å². The van der Waals surface area contributed by atoms with Gasteiger partial charge < -0.3 is 4.57 Å². The number of aromatic amines is 1. The van der Waals surface area contributed by atoms with Crippen LogP contribution in [0.25, 0.3) is 0 Å². The molecule has 2 rings (SSSR count). The van der Waals surface area contributed by atoms with Gasteiger partial charge in [0, 0.05) is 25.4 Å². The average Bonchev–Trinajstić information content (AvgIpc) is 2.30. The van der Waals surface area contributed by atoms with E-state index in [9.17, 15) is 22.8 Å². The molecule has 0 bridgehead atoms. The fourth-order valence-electron chi connectivity index (χ4n) is 0.953. The summed E-state index contributed by atoms with van der Waals surface area (Å²) in [6.45, 7) is 0. The van der Waals surface area contributed by atoms with Gasteiger partial charge in [-0.15, -0.1) is 0 Å². The summed E-state index contributed by atoms with van der Waals surface area (Å²) in [4.78, 5) is 23.0. The first-order chi connectivity index (χ1) is 8.40. The van der Waals surface area contributed by atoms with E-state index < -0.39 is 17.5 Å². The Labute approximate surface area is 99.3 Å². The molecule has 0 atom stereocenters. The molecule has 0 saturated carbocycles. The van der Waals surface area contributed by atoms with Gasteiger partial charge in [0.25, 0.3) is 5.56 Å². The molecule has 1 heterocycles. The van der Waals surface area contributed by atoms with E-state index >= 15 is 0 Å². The minimum Gasteiger partial charge on any atom is -0.304 e. The molecule has 7 heteroatoms. The van der Waals surface area contributed by atoms with Crippen molar-refractivity contribution in [2.75, 3.05) is 0 Å². The molecule has 0 aliphatic rings. The van der Waals surface area contributed by atoms with Crippen LogP contribution in [0.1, 0.15) is 0 Å². The van der Waals surface area contributed by atoms with E-state index in [0.717, 1.165) is 12.1 Å². The zero-order valence-corrected chi connectivity index (χ0v) is 9.28. The third kappa shape index (κ3) is 3.93. The lowest BCUT2D eigenvalue weighted by Gasteiger charge is -1.89. The molecule has 1 aromatic carbocycles. The van der Waals surface area contributed by atoms with Crippen molar-refractivity contribution >= 4 is 0 Å². The second-order valence-corrected chi connectivity index (χ2v) is 3.28. The molecule has 0 aliphatic heterocycles. The lowest BCUT2D eigenvalue weighted by Crippen LogP contribution is -2.26. The number of nitrogens with zero attached hydrogens (tertiary/aromatic N) is 1. The van der Waals surface area contributed by atoms with Crippen molar-refractivity contribution in [1.29, 1.82) is 0 Å². The quantitative estimate of drug-likeness (QED) is 0.721. The summed E-state index contributed by atoms with van der Waals surface area (Å²) in [5, 5.41) is 0. The maximum absolute atomic E-state index is 12.0. The van der Waals surface area contributed by atoms with Gasteiger partial charge in [0.2, 0.25) is 0 Å². The number of aromatic nitrogens is 2. The Kier molecular flexibility index (Phi) is 4.47. The maximum Gasteiger partial charge on any atom is 0.328 e. The molecular formula is C11H9F3N2O2. The normalized spacial score (nSPS) is 9.56. The molecule has 0 unspecified atom stereocenters. The standard InChI is InChI=1S/C6H3F3.C5H6N2O2/c7-4-1-2-5(8)6(9)3-4;1-7-3-2-4(8)6-5(7)9/h1-3H;2-3H,1H3,(H,6,8,9). The summed E-state index contributed by atoms with van der Waals surface area (Å²) < 4.78 is 37.2. The Morgan fingerprint density at radius 2 is 1.72 bits per heavy atom. The molecule has 0 fully saturated rings. The van der Waals surface area contributed by atoms with Crippen LogP contribution in [0, 0.1) is 17.5 Å². The number of aryl methyl sites for hydroxylation is 1. The summed E-state index contributed by atoms with van der Waals surface area (Å²) in [7, 11) is 1.57. The SMILES string of the molecule is Cn1ccc(=O)[nH]c1=O.Fc1ccc(F)c(F)c1. The van der Waals surface area contributed by atoms with Gasteiger partial charge in [-0.2, -0.15) is 0 Å². The van der Waals surface area contributed by atoms with Crippen LogP contribution in [0.5, 0.6) is 0 Å². The minimum absolute atomic E-state index is 0.363. The Hall–Kier alpha value is -2.31. The van der Waals surface area contributed by atoms with E-state index in [1.165, 1.54) is 16.8 Å². The highest BCUT2D eigenvalue weighted by molar-refractivity contribution is 5.07. The molecule has 96 valence electrons. The molecule has 18 heavy (non-hydrogen) atoms. The van der Waals surface area contributed by atoms with Crippen molar-refractivity contribution in [2.24, 2.45) is 7.05 Å². The topological polar surface area (TPSA) is 54.9 Å². The fraction of sp³-hybridized carbons (Fsp3) is 0.0909. The van der Waals surface area contributed by atoms with Crippen molar-refractivity contribution in [2.45, 2.75) is 0 Å². The summed E-state index contributed by atoms with van der Waals surface area (Å²) in [6.07, 6.45) is 1.42. The number of halogens is 3. The molecule has 1 aromatic heterocycles. The lowest BCUT2D eigenvalue weighted by atomic mass is 10.3. The largest absolute Gasteiger partial charge is 0.328 e. The minimum atomic E-state index is -1.16. The highest BCUT2D eigenvalue weighted by Crippen LogP contribution is 2.05. The molecule has 0 aliphatic carbocycles. The molecular weight excluding hydrogens is 249 g/mol. The Morgan fingerprint density at radius 1 is 1.06 bits per heavy atom. The molecule has 4 nitrogen and oxygen atoms in total. The molecule has 2 aromatic rings. The number of H-pyrrole nitrogens is 1. The molecule has 0 amide bonds. The predicted octanol–water partition coefficient (Wildman–Crippen LogP) is 1.18. The molecule has 1 N–H and O–H groups in total. The first-order valence-electron chi connectivity index (χ1n) is 4.76. The van der Waals surface area contributed by atoms with Crippen molar-refractivity contribution < 1.29 is 13.2 Å². The van der Waals surface area contributed by atoms with E-state index in [1.54, 1.807) is 7.05 Å². The third-order valence-electron chi connectivity index (χ3n) is 1.88. The van der Waals surface area contributed by atoms with Gasteiger partial charge in [-0.3, -0.25) is 9.78 Å². The first-order valence-corrected chi connectivity index (χ1v) is 4.76. The van der Waals surface area contributed by atoms with Crippen LogP contribution >= 0.6 is 0 Å². The maximum atomic E-state index is 12.0. The van der Waals surface area contributed by atoms with Crippen molar-refractivity contribution in [1.82, 2.24) is 9.55 Å². The molecule has 0 radical (unpaired) electrons. The fourth-order valence-corrected chi connectivity index (χ4v) is 0.953. The van der Waals surface area contributed by atoms with E-state index in [-0.39, 0.29) is 11.2 Å². The van der Waals surface area contributed by atoms with Crippen LogP contribution in [-0.2, 0) is 7.05 Å². The lowest BCUT2D eigenvalue weighted by molar-refractivity contribution is 0.495. The van der Waals surface area contributed by atoms with Gasteiger partial charge in [-0.05, 0) is 12.1 Å². The number of benzene rings is 1. The molecule has 0 saturated heterocycles. The van der Waals surface area contributed by atoms with Gasteiger partial charge >= 0.3 is 5.69 Å². The highest BCUT2D eigenvalue weighted by Gasteiger charge is 1.99. The number of hydrogen-bond donors (Lipinski definition) is 1. The van der Waals surface area contributed by atoms with Crippen LogP contribution < -0.4 is 11.2 Å². The summed E-state index contributed by atoms with van der Waals surface area (Å²) in [5.41, 5.74) is -0.749. The Balaban J connectivity index is 0.000000180. The monoisotopic (exact) mass is 258 g/mol. The van der Waals surface area contributed by atoms with Crippen molar-refractivity contribution in [3.05, 3.63) is 68.8 Å². The van der Waals surface area contributed by atoms with E-state index in [1.807, 2.05) is 0 Å². The van der Waals surface area contributed by atoms with Gasteiger partial charge in [-0.25, -0.2) is 18.0 Å².